The third-order valence-corrected chi connectivity index (χ3v) is 3.44. The molecule has 0 unspecified atom stereocenters. The molecule has 3 N–H and O–H groups in total. The van der Waals surface area contributed by atoms with Crippen molar-refractivity contribution in [1.82, 2.24) is 24.9 Å². The smallest absolute Gasteiger partial charge is 0.223 e. The first-order valence-corrected chi connectivity index (χ1v) is 6.30. The number of hydrogen-bond donors (Lipinski definition) is 2. The second-order valence-corrected chi connectivity index (χ2v) is 4.60. The van der Waals surface area contributed by atoms with Gasteiger partial charge in [0.2, 0.25) is 5.95 Å². The Balaban J connectivity index is 1.88. The van der Waals surface area contributed by atoms with E-state index in [1.807, 2.05) is 12.1 Å². The molecule has 0 fully saturated rings. The van der Waals surface area contributed by atoms with E-state index >= 15 is 0 Å². The van der Waals surface area contributed by atoms with Crippen LogP contribution in [0.5, 0.6) is 0 Å². The molecule has 6 nitrogen and oxygen atoms in total. The molecule has 0 atom stereocenters. The first-order valence-electron chi connectivity index (χ1n) is 5.31. The molecule has 0 amide bonds. The van der Waals surface area contributed by atoms with Crippen molar-refractivity contribution in [1.29, 1.82) is 0 Å². The Kier molecular flexibility index (Phi) is 2.81. The molecule has 90 valence electrons. The summed E-state index contributed by atoms with van der Waals surface area (Å²) in [7, 11) is 0. The average Bonchev–Trinajstić information content (AvgIpc) is 2.85. The van der Waals surface area contributed by atoms with Crippen molar-refractivity contribution in [3.63, 3.8) is 0 Å². The number of hydrogen-bond acceptors (Lipinski definition) is 6. The maximum Gasteiger partial charge on any atom is 0.223 e. The summed E-state index contributed by atoms with van der Waals surface area (Å²) in [6.07, 6.45) is 5.14. The largest absolute Gasteiger partial charge is 0.368 e. The zero-order valence-corrected chi connectivity index (χ0v) is 10.2. The van der Waals surface area contributed by atoms with Gasteiger partial charge in [-0.2, -0.15) is 4.98 Å². The Hall–Kier alpha value is -2.15. The molecule has 0 bridgehead atoms. The number of nitrogens with one attached hydrogen (secondary N) is 1. The van der Waals surface area contributed by atoms with Crippen LogP contribution in [0.2, 0.25) is 0 Å². The van der Waals surface area contributed by atoms with Gasteiger partial charge >= 0.3 is 0 Å². The summed E-state index contributed by atoms with van der Waals surface area (Å²) < 4.78 is 0. The van der Waals surface area contributed by atoms with Crippen LogP contribution in [0.3, 0.4) is 0 Å². The van der Waals surface area contributed by atoms with E-state index < -0.39 is 0 Å². The van der Waals surface area contributed by atoms with Crippen LogP contribution in [0, 0.1) is 0 Å². The molecule has 0 saturated heterocycles. The van der Waals surface area contributed by atoms with Gasteiger partial charge in [-0.1, -0.05) is 11.8 Å². The molecule has 0 aliphatic rings. The van der Waals surface area contributed by atoms with Crippen LogP contribution in [0.4, 0.5) is 5.95 Å². The quantitative estimate of drug-likeness (QED) is 0.547. The van der Waals surface area contributed by atoms with E-state index in [1.54, 1.807) is 30.5 Å². The van der Waals surface area contributed by atoms with Gasteiger partial charge < -0.3 is 10.7 Å². The van der Waals surface area contributed by atoms with Crippen LogP contribution in [-0.4, -0.2) is 24.9 Å². The number of nitrogens with zero attached hydrogens (tertiary/aromatic N) is 4. The van der Waals surface area contributed by atoms with Crippen molar-refractivity contribution in [3.05, 3.63) is 36.4 Å². The van der Waals surface area contributed by atoms with Crippen molar-refractivity contribution in [2.75, 3.05) is 5.73 Å². The number of anilines is 1. The van der Waals surface area contributed by atoms with Crippen molar-refractivity contribution < 1.29 is 0 Å². The Morgan fingerprint density at radius 2 is 2.06 bits per heavy atom. The van der Waals surface area contributed by atoms with Crippen molar-refractivity contribution in [3.8, 4) is 0 Å². The Morgan fingerprint density at radius 1 is 1.22 bits per heavy atom. The monoisotopic (exact) mass is 258 g/mol. The number of aromatic nitrogens is 5. The highest BCUT2D eigenvalue weighted by Gasteiger charge is 2.09. The molecule has 0 spiro atoms. The number of fused-ring (bicyclic) bond motifs is 1. The van der Waals surface area contributed by atoms with E-state index in [1.165, 1.54) is 5.56 Å². The summed E-state index contributed by atoms with van der Waals surface area (Å²) in [4.78, 5) is 19.4. The van der Waals surface area contributed by atoms with Crippen molar-refractivity contribution in [2.24, 2.45) is 0 Å². The highest BCUT2D eigenvalue weighted by atomic mass is 32.2. The fourth-order valence-electron chi connectivity index (χ4n) is 1.56. The van der Waals surface area contributed by atoms with Gasteiger partial charge in [0.25, 0.3) is 0 Å². The van der Waals surface area contributed by atoms with Crippen LogP contribution >= 0.6 is 11.8 Å². The Morgan fingerprint density at radius 3 is 2.89 bits per heavy atom. The molecule has 3 heterocycles. The SMILES string of the molecule is Nc1nc(SCc2ccncc2)c2[nH]cnc2n1. The van der Waals surface area contributed by atoms with Crippen LogP contribution in [-0.2, 0) is 5.75 Å². The molecule has 0 aliphatic carbocycles. The molecular formula is C11H10N6S. The minimum atomic E-state index is 0.242. The molecule has 0 saturated carbocycles. The van der Waals surface area contributed by atoms with E-state index in [9.17, 15) is 0 Å². The second-order valence-electron chi connectivity index (χ2n) is 3.63. The van der Waals surface area contributed by atoms with Gasteiger partial charge in [-0.3, -0.25) is 4.98 Å². The zero-order valence-electron chi connectivity index (χ0n) is 9.37. The van der Waals surface area contributed by atoms with E-state index in [0.29, 0.717) is 5.65 Å². The number of pyridine rings is 1. The van der Waals surface area contributed by atoms with Gasteiger partial charge in [-0.05, 0) is 17.7 Å². The average molecular weight is 258 g/mol. The Labute approximate surface area is 107 Å². The standard InChI is InChI=1S/C11H10N6S/c12-11-16-9-8(14-6-15-9)10(17-11)18-5-7-1-3-13-4-2-7/h1-4,6H,5H2,(H3,12,14,15,16,17). The van der Waals surface area contributed by atoms with E-state index in [0.717, 1.165) is 16.3 Å². The fraction of sp³-hybridized carbons (Fsp3) is 0.0909. The topological polar surface area (TPSA) is 93.4 Å². The zero-order chi connectivity index (χ0) is 12.4. The third kappa shape index (κ3) is 2.12. The first kappa shape index (κ1) is 11.0. The highest BCUT2D eigenvalue weighted by Crippen LogP contribution is 2.26. The number of aromatic amines is 1. The van der Waals surface area contributed by atoms with Gasteiger partial charge in [-0.25, -0.2) is 9.97 Å². The van der Waals surface area contributed by atoms with E-state index in [2.05, 4.69) is 24.9 Å². The van der Waals surface area contributed by atoms with Crippen molar-refractivity contribution >= 4 is 28.9 Å². The highest BCUT2D eigenvalue weighted by molar-refractivity contribution is 7.98. The lowest BCUT2D eigenvalue weighted by Crippen LogP contribution is -1.97. The van der Waals surface area contributed by atoms with Gasteiger partial charge in [0.05, 0.1) is 6.33 Å². The number of H-pyrrole nitrogens is 1. The summed E-state index contributed by atoms with van der Waals surface area (Å²) in [6, 6.07) is 3.95. The summed E-state index contributed by atoms with van der Waals surface area (Å²) >= 11 is 1.59. The molecular weight excluding hydrogens is 248 g/mol. The minimum Gasteiger partial charge on any atom is -0.368 e. The predicted octanol–water partition coefficient (Wildman–Crippen LogP) is 1.62. The van der Waals surface area contributed by atoms with Crippen molar-refractivity contribution in [2.45, 2.75) is 10.8 Å². The summed E-state index contributed by atoms with van der Waals surface area (Å²) in [5.41, 5.74) is 8.25. The normalized spacial score (nSPS) is 10.9. The second kappa shape index (κ2) is 4.61. The molecule has 0 radical (unpaired) electrons. The van der Waals surface area contributed by atoms with Crippen LogP contribution in [0.25, 0.3) is 11.2 Å². The van der Waals surface area contributed by atoms with Crippen LogP contribution in [0.15, 0.2) is 35.9 Å². The first-order chi connectivity index (χ1) is 8.83. The van der Waals surface area contributed by atoms with E-state index in [4.69, 9.17) is 5.73 Å². The molecule has 3 rings (SSSR count). The number of thioether (sulfide) groups is 1. The lowest BCUT2D eigenvalue weighted by atomic mass is 10.3. The number of nitrogen functional groups attached to an aromatic ring is 1. The van der Waals surface area contributed by atoms with Crippen LogP contribution < -0.4 is 5.73 Å². The Bertz CT molecular complexity index is 666. The lowest BCUT2D eigenvalue weighted by Gasteiger charge is -2.02. The predicted molar refractivity (Wildman–Crippen MR) is 69.9 cm³/mol. The van der Waals surface area contributed by atoms with Gasteiger partial charge in [0.1, 0.15) is 10.5 Å². The fourth-order valence-corrected chi connectivity index (χ4v) is 2.51. The van der Waals surface area contributed by atoms with Crippen LogP contribution in [0.1, 0.15) is 5.56 Å². The molecule has 3 aromatic heterocycles. The molecule has 7 heteroatoms. The maximum absolute atomic E-state index is 5.65. The maximum atomic E-state index is 5.65. The minimum absolute atomic E-state index is 0.242. The van der Waals surface area contributed by atoms with E-state index in [-0.39, 0.29) is 5.95 Å². The number of rotatable bonds is 3. The lowest BCUT2D eigenvalue weighted by molar-refractivity contribution is 1.10. The molecule has 3 aromatic rings. The molecule has 0 aromatic carbocycles. The molecule has 18 heavy (non-hydrogen) atoms. The summed E-state index contributed by atoms with van der Waals surface area (Å²) in [5, 5.41) is 0.812. The number of nitrogens with two attached hydrogens (primary N) is 1. The summed E-state index contributed by atoms with van der Waals surface area (Å²) in [5.74, 6) is 1.04. The van der Waals surface area contributed by atoms with Gasteiger partial charge in [0.15, 0.2) is 5.65 Å². The summed E-state index contributed by atoms with van der Waals surface area (Å²) in [6.45, 7) is 0. The van der Waals surface area contributed by atoms with Gasteiger partial charge in [-0.15, -0.1) is 0 Å². The number of imidazole rings is 1. The van der Waals surface area contributed by atoms with Gasteiger partial charge in [0, 0.05) is 18.1 Å². The third-order valence-electron chi connectivity index (χ3n) is 2.39. The molecule has 0 aliphatic heterocycles.